The smallest absolute Gasteiger partial charge is 0.266 e. The highest BCUT2D eigenvalue weighted by atomic mass is 35.5. The molecule has 4 aromatic carbocycles. The van der Waals surface area contributed by atoms with E-state index in [9.17, 15) is 4.79 Å². The minimum Gasteiger partial charge on any atom is -0.489 e. The van der Waals surface area contributed by atoms with Gasteiger partial charge in [-0.1, -0.05) is 114 Å². The van der Waals surface area contributed by atoms with E-state index >= 15 is 0 Å². The van der Waals surface area contributed by atoms with Gasteiger partial charge < -0.3 is 4.74 Å². The van der Waals surface area contributed by atoms with Gasteiger partial charge >= 0.3 is 0 Å². The number of benzene rings is 4. The van der Waals surface area contributed by atoms with Crippen LogP contribution in [0.25, 0.3) is 23.0 Å². The van der Waals surface area contributed by atoms with Crippen molar-refractivity contribution in [3.8, 4) is 22.7 Å². The van der Waals surface area contributed by atoms with E-state index in [1.54, 1.807) is 4.90 Å². The number of hydrogen-bond donors (Lipinski definition) is 0. The van der Waals surface area contributed by atoms with Gasteiger partial charge in [-0.05, 0) is 42.0 Å². The summed E-state index contributed by atoms with van der Waals surface area (Å²) < 4.78 is 8.45. The number of aromatic nitrogens is 2. The fraction of sp³-hybridized carbons (Fsp3) is 0.0606. The van der Waals surface area contributed by atoms with Crippen LogP contribution in [0.15, 0.2) is 120 Å². The number of hydrogen-bond acceptors (Lipinski definition) is 5. The van der Waals surface area contributed by atoms with Crippen LogP contribution in [0.2, 0.25) is 5.02 Å². The van der Waals surface area contributed by atoms with Crippen molar-refractivity contribution in [3.63, 3.8) is 0 Å². The second-order valence-electron chi connectivity index (χ2n) is 9.37. The van der Waals surface area contributed by atoms with Gasteiger partial charge in [0.15, 0.2) is 0 Å². The molecular weight excluding hydrogens is 570 g/mol. The molecule has 1 aliphatic heterocycles. The van der Waals surface area contributed by atoms with Crippen LogP contribution >= 0.6 is 35.6 Å². The van der Waals surface area contributed by atoms with Crippen LogP contribution in [0.5, 0.6) is 5.75 Å². The molecule has 0 atom stereocenters. The molecule has 0 unspecified atom stereocenters. The van der Waals surface area contributed by atoms with Gasteiger partial charge in [-0.2, -0.15) is 5.10 Å². The maximum Gasteiger partial charge on any atom is 0.266 e. The zero-order valence-electron chi connectivity index (χ0n) is 21.8. The molecule has 1 aliphatic rings. The molecule has 0 N–H and O–H groups in total. The lowest BCUT2D eigenvalue weighted by molar-refractivity contribution is -0.122. The predicted octanol–water partition coefficient (Wildman–Crippen LogP) is 8.17. The first-order valence-corrected chi connectivity index (χ1v) is 14.6. The minimum atomic E-state index is -0.112. The van der Waals surface area contributed by atoms with Gasteiger partial charge in [-0.3, -0.25) is 9.69 Å². The Morgan fingerprint density at radius 3 is 2.41 bits per heavy atom. The third-order valence-electron chi connectivity index (χ3n) is 6.57. The standard InChI is InChI=1S/C33H24ClN3O2S2/c34-29-17-8-7-12-25(29)22-39-28-16-9-13-24(18-28)31-26(21-37(35-31)27-14-5-2-6-15-27)19-30-32(38)36(33(40)41-30)20-23-10-3-1-4-11-23/h1-19,21H,20,22H2/b30-19-. The van der Waals surface area contributed by atoms with E-state index in [0.717, 1.165) is 33.6 Å². The van der Waals surface area contributed by atoms with E-state index in [2.05, 4.69) is 0 Å². The summed E-state index contributed by atoms with van der Waals surface area (Å²) in [5, 5.41) is 5.59. The summed E-state index contributed by atoms with van der Waals surface area (Å²) in [5.74, 6) is 0.580. The van der Waals surface area contributed by atoms with E-state index in [4.69, 9.17) is 33.7 Å². The number of amides is 1. The summed E-state index contributed by atoms with van der Waals surface area (Å²) in [6.45, 7) is 0.780. The molecule has 8 heteroatoms. The van der Waals surface area contributed by atoms with Crippen molar-refractivity contribution < 1.29 is 9.53 Å². The number of carbonyl (C=O) groups excluding carboxylic acids is 1. The molecule has 6 rings (SSSR count). The maximum atomic E-state index is 13.4. The number of thioether (sulfide) groups is 1. The fourth-order valence-corrected chi connectivity index (χ4v) is 5.92. The van der Waals surface area contributed by atoms with E-state index in [-0.39, 0.29) is 5.91 Å². The monoisotopic (exact) mass is 593 g/mol. The quantitative estimate of drug-likeness (QED) is 0.134. The minimum absolute atomic E-state index is 0.112. The SMILES string of the molecule is O=C1/C(=C/c2cn(-c3ccccc3)nc2-c2cccc(OCc3ccccc3Cl)c2)SC(=S)N1Cc1ccccc1. The molecule has 1 fully saturated rings. The molecule has 1 saturated heterocycles. The van der Waals surface area contributed by atoms with Gasteiger partial charge in [0.2, 0.25) is 0 Å². The molecule has 0 radical (unpaired) electrons. The molecule has 202 valence electrons. The average molecular weight is 594 g/mol. The first-order chi connectivity index (χ1) is 20.0. The molecular formula is C33H24ClN3O2S2. The van der Waals surface area contributed by atoms with Crippen LogP contribution in [0.4, 0.5) is 0 Å². The maximum absolute atomic E-state index is 13.4. The fourth-order valence-electron chi connectivity index (χ4n) is 4.48. The summed E-state index contributed by atoms with van der Waals surface area (Å²) in [6, 6.07) is 35.1. The highest BCUT2D eigenvalue weighted by Gasteiger charge is 2.32. The Morgan fingerprint density at radius 2 is 1.63 bits per heavy atom. The number of ether oxygens (including phenoxy) is 1. The molecule has 1 amide bonds. The largest absolute Gasteiger partial charge is 0.489 e. The Labute approximate surface area is 253 Å². The molecule has 0 saturated carbocycles. The lowest BCUT2D eigenvalue weighted by atomic mass is 10.1. The van der Waals surface area contributed by atoms with Gasteiger partial charge in [-0.25, -0.2) is 4.68 Å². The second kappa shape index (κ2) is 12.1. The average Bonchev–Trinajstić information content (AvgIpc) is 3.54. The Morgan fingerprint density at radius 1 is 0.902 bits per heavy atom. The van der Waals surface area contributed by atoms with Crippen molar-refractivity contribution in [2.45, 2.75) is 13.2 Å². The van der Waals surface area contributed by atoms with Crippen LogP contribution in [-0.4, -0.2) is 24.9 Å². The van der Waals surface area contributed by atoms with Crippen LogP contribution in [0, 0.1) is 0 Å². The molecule has 0 bridgehead atoms. The number of rotatable bonds is 8. The summed E-state index contributed by atoms with van der Waals surface area (Å²) >= 11 is 13.2. The van der Waals surface area contributed by atoms with Crippen LogP contribution in [0.1, 0.15) is 16.7 Å². The zero-order chi connectivity index (χ0) is 28.2. The van der Waals surface area contributed by atoms with Crippen molar-refractivity contribution in [2.75, 3.05) is 0 Å². The Hall–Kier alpha value is -4.17. The van der Waals surface area contributed by atoms with Gasteiger partial charge in [0.05, 0.1) is 17.1 Å². The lowest BCUT2D eigenvalue weighted by Gasteiger charge is -2.14. The topological polar surface area (TPSA) is 47.4 Å². The van der Waals surface area contributed by atoms with Crippen molar-refractivity contribution in [3.05, 3.63) is 142 Å². The predicted molar refractivity (Wildman–Crippen MR) is 170 cm³/mol. The third-order valence-corrected chi connectivity index (χ3v) is 8.31. The first kappa shape index (κ1) is 27.0. The number of thiocarbonyl (C=S) groups is 1. The van der Waals surface area contributed by atoms with Crippen molar-refractivity contribution in [1.29, 1.82) is 0 Å². The summed E-state index contributed by atoms with van der Waals surface area (Å²) in [7, 11) is 0. The summed E-state index contributed by atoms with van der Waals surface area (Å²) in [5.41, 5.74) is 5.24. The van der Waals surface area contributed by atoms with E-state index in [0.29, 0.717) is 33.1 Å². The summed E-state index contributed by atoms with van der Waals surface area (Å²) in [4.78, 5) is 15.6. The Kier molecular flexibility index (Phi) is 8.00. The van der Waals surface area contributed by atoms with E-state index < -0.39 is 0 Å². The molecule has 5 aromatic rings. The normalized spacial score (nSPS) is 14.2. The second-order valence-corrected chi connectivity index (χ2v) is 11.5. The molecule has 5 nitrogen and oxygen atoms in total. The number of halogens is 1. The van der Waals surface area contributed by atoms with Crippen molar-refractivity contribution in [1.82, 2.24) is 14.7 Å². The molecule has 0 spiro atoms. The Bertz CT molecular complexity index is 1750. The van der Waals surface area contributed by atoms with Gasteiger partial charge in [-0.15, -0.1) is 0 Å². The van der Waals surface area contributed by atoms with E-state index in [1.165, 1.54) is 11.8 Å². The third kappa shape index (κ3) is 6.12. The number of para-hydroxylation sites is 1. The number of nitrogens with zero attached hydrogens (tertiary/aromatic N) is 3. The van der Waals surface area contributed by atoms with Crippen LogP contribution in [-0.2, 0) is 17.9 Å². The highest BCUT2D eigenvalue weighted by molar-refractivity contribution is 8.26. The van der Waals surface area contributed by atoms with Gasteiger partial charge in [0.25, 0.3) is 5.91 Å². The van der Waals surface area contributed by atoms with Gasteiger partial charge in [0.1, 0.15) is 22.4 Å². The van der Waals surface area contributed by atoms with E-state index in [1.807, 2.05) is 126 Å². The molecule has 2 heterocycles. The van der Waals surface area contributed by atoms with Crippen LogP contribution < -0.4 is 4.74 Å². The molecule has 41 heavy (non-hydrogen) atoms. The van der Waals surface area contributed by atoms with Gasteiger partial charge in [0, 0.05) is 27.9 Å². The first-order valence-electron chi connectivity index (χ1n) is 13.0. The zero-order valence-corrected chi connectivity index (χ0v) is 24.2. The molecule has 1 aromatic heterocycles. The lowest BCUT2D eigenvalue weighted by Crippen LogP contribution is -2.27. The number of carbonyl (C=O) groups is 1. The Balaban J connectivity index is 1.33. The van der Waals surface area contributed by atoms with Crippen molar-refractivity contribution >= 4 is 51.9 Å². The van der Waals surface area contributed by atoms with Crippen molar-refractivity contribution in [2.24, 2.45) is 0 Å². The summed E-state index contributed by atoms with van der Waals surface area (Å²) in [6.07, 6.45) is 3.81. The van der Waals surface area contributed by atoms with Crippen LogP contribution in [0.3, 0.4) is 0 Å². The molecule has 0 aliphatic carbocycles. The highest BCUT2D eigenvalue weighted by Crippen LogP contribution is 2.36.